The fourth-order valence-corrected chi connectivity index (χ4v) is 12.0. The molecule has 15 heteroatoms. The van der Waals surface area contributed by atoms with Gasteiger partial charge in [0, 0.05) is 61.6 Å². The summed E-state index contributed by atoms with van der Waals surface area (Å²) in [5.74, 6) is -4.48. The first-order chi connectivity index (χ1) is 32.0. The summed E-state index contributed by atoms with van der Waals surface area (Å²) in [6, 6.07) is -0.660. The highest BCUT2D eigenvalue weighted by Crippen LogP contribution is 2.66. The minimum atomic E-state index is -2.28. The van der Waals surface area contributed by atoms with Gasteiger partial charge in [0.05, 0.1) is 25.2 Å². The number of methoxy groups -OCH3 is 1. The average Bonchev–Trinajstić information content (AvgIpc) is 3.27. The summed E-state index contributed by atoms with van der Waals surface area (Å²) in [6.07, 6.45) is 4.85. The Balaban J connectivity index is 1.39. The number of nitrogens with zero attached hydrogens (tertiary/aromatic N) is 2. The highest BCUT2D eigenvalue weighted by molar-refractivity contribution is 6.10. The van der Waals surface area contributed by atoms with Gasteiger partial charge in [0.15, 0.2) is 28.6 Å². The standard InChI is InChI=1S/C53H74N2O13/c1-28(2)14-13-19-51(10)20-18-33-43(67-51)32(16-15-29(3)4)45-37(44(33)65-49-42(58)41(57)46-36(64-49)27-63-50(8,9)66-46)40(56)38-39(55-24-22-54(11)23-25-55)34-26-35(30(5)6)53(38,68-45)52(61,47(34)59)21-17-31(7)48(60)62-12/h14-15,17-18,20,30,34-36,38-39,41-42,46,49,57-58,61H,13,16,19,21-27H2,1-12H3/b31-17-/t34?,35?,36-,38?,39?,41-,42-,46-,49+,51?,52?,53?/m1/s1. The zero-order chi connectivity index (χ0) is 49.4. The van der Waals surface area contributed by atoms with Crippen molar-refractivity contribution >= 4 is 23.6 Å². The number of allylic oxidation sites excluding steroid dienone is 4. The Morgan fingerprint density at radius 1 is 0.956 bits per heavy atom. The van der Waals surface area contributed by atoms with Crippen molar-refractivity contribution in [3.8, 4) is 17.2 Å². The lowest BCUT2D eigenvalue weighted by Gasteiger charge is -2.68. The van der Waals surface area contributed by atoms with E-state index >= 15 is 9.59 Å². The topological polar surface area (TPSA) is 183 Å². The van der Waals surface area contributed by atoms with E-state index in [4.69, 9.17) is 33.2 Å². The molecular formula is C53H74N2O13. The molecule has 3 saturated heterocycles. The van der Waals surface area contributed by atoms with Crippen molar-refractivity contribution < 1.29 is 62.9 Å². The fraction of sp³-hybridized carbons (Fsp3) is 0.679. The number of piperazine rings is 1. The lowest BCUT2D eigenvalue weighted by atomic mass is 9.43. The molecule has 3 N–H and O–H groups in total. The van der Waals surface area contributed by atoms with Crippen molar-refractivity contribution in [1.29, 1.82) is 0 Å². The first-order valence-corrected chi connectivity index (χ1v) is 24.5. The number of carbonyl (C=O) groups excluding carboxylic acids is 3. The third-order valence-electron chi connectivity index (χ3n) is 15.7. The monoisotopic (exact) mass is 947 g/mol. The van der Waals surface area contributed by atoms with E-state index in [1.807, 2.05) is 73.7 Å². The van der Waals surface area contributed by atoms with E-state index in [0.29, 0.717) is 55.9 Å². The Morgan fingerprint density at radius 3 is 2.29 bits per heavy atom. The number of Topliss-reactive ketones (excluding diaryl/α,β-unsaturated/α-hetero) is 2. The van der Waals surface area contributed by atoms with Crippen molar-refractivity contribution in [3.05, 3.63) is 57.7 Å². The minimum Gasteiger partial charge on any atom is -0.482 e. The third-order valence-corrected chi connectivity index (χ3v) is 15.7. The number of ketones is 2. The van der Waals surface area contributed by atoms with Crippen LogP contribution < -0.4 is 14.2 Å². The molecule has 1 aromatic carbocycles. The second-order valence-corrected chi connectivity index (χ2v) is 21.8. The fourth-order valence-electron chi connectivity index (χ4n) is 12.0. The van der Waals surface area contributed by atoms with Crippen LogP contribution in [0.3, 0.4) is 0 Å². The lowest BCUT2D eigenvalue weighted by Crippen LogP contribution is -2.85. The maximum atomic E-state index is 16.6. The highest BCUT2D eigenvalue weighted by atomic mass is 16.8. The molecule has 1 aromatic rings. The quantitative estimate of drug-likeness (QED) is 0.131. The van der Waals surface area contributed by atoms with Crippen LogP contribution in [-0.4, -0.2) is 149 Å². The number of aliphatic hydroxyl groups excluding tert-OH is 2. The van der Waals surface area contributed by atoms with Gasteiger partial charge in [-0.15, -0.1) is 0 Å². The number of hydrogen-bond acceptors (Lipinski definition) is 15. The van der Waals surface area contributed by atoms with Crippen molar-refractivity contribution in [3.63, 3.8) is 0 Å². The molecule has 374 valence electrons. The molecule has 12 atom stereocenters. The van der Waals surface area contributed by atoms with Gasteiger partial charge >= 0.3 is 5.97 Å². The summed E-state index contributed by atoms with van der Waals surface area (Å²) in [4.78, 5) is 49.4. The van der Waals surface area contributed by atoms with Gasteiger partial charge in [0.2, 0.25) is 6.29 Å². The van der Waals surface area contributed by atoms with Crippen molar-refractivity contribution in [2.45, 2.75) is 161 Å². The van der Waals surface area contributed by atoms with Crippen molar-refractivity contribution in [2.24, 2.45) is 23.7 Å². The van der Waals surface area contributed by atoms with Gasteiger partial charge in [0.25, 0.3) is 0 Å². The zero-order valence-electron chi connectivity index (χ0n) is 42.0. The van der Waals surface area contributed by atoms with Gasteiger partial charge in [-0.3, -0.25) is 14.5 Å². The molecule has 1 spiro atoms. The van der Waals surface area contributed by atoms with Gasteiger partial charge in [0.1, 0.15) is 52.8 Å². The lowest BCUT2D eigenvalue weighted by molar-refractivity contribution is -0.373. The van der Waals surface area contributed by atoms with Crippen LogP contribution in [0.25, 0.3) is 6.08 Å². The van der Waals surface area contributed by atoms with Crippen LogP contribution in [0.1, 0.15) is 116 Å². The summed E-state index contributed by atoms with van der Waals surface area (Å²) in [6.45, 7) is 21.7. The Bertz CT molecular complexity index is 2280. The van der Waals surface area contributed by atoms with Crippen molar-refractivity contribution in [2.75, 3.05) is 46.9 Å². The molecule has 15 nitrogen and oxygen atoms in total. The van der Waals surface area contributed by atoms with Gasteiger partial charge in [-0.05, 0) is 106 Å². The first-order valence-electron chi connectivity index (χ1n) is 24.5. The summed E-state index contributed by atoms with van der Waals surface area (Å²) >= 11 is 0. The first kappa shape index (κ1) is 50.5. The Morgan fingerprint density at radius 2 is 1.65 bits per heavy atom. The number of fused-ring (bicyclic) bond motifs is 5. The Labute approximate surface area is 401 Å². The molecule has 3 saturated carbocycles. The molecule has 8 aliphatic rings. The number of esters is 1. The van der Waals surface area contributed by atoms with Crippen LogP contribution in [0.5, 0.6) is 17.2 Å². The third kappa shape index (κ3) is 8.60. The molecule has 3 aliphatic carbocycles. The molecule has 0 radical (unpaired) electrons. The van der Waals surface area contributed by atoms with E-state index in [1.54, 1.807) is 20.8 Å². The molecule has 5 aliphatic heterocycles. The van der Waals surface area contributed by atoms with Crippen LogP contribution in [0.15, 0.2) is 41.0 Å². The van der Waals surface area contributed by atoms with Gasteiger partial charge in [-0.25, -0.2) is 4.79 Å². The SMILES string of the molecule is COC(=O)/C(C)=C\CC1(O)C(=O)C2CC(C(C)C)C13Oc1c(CC=C(C)C)c4c(c(O[C@@H]5O[C@@H]6COC(C)(C)O[C@H]6[C@H](O)[C@H]5O)c1C(=O)C3C2N1CCN(C)CC1)C=CC(C)(CCC=C(C)C)O4. The van der Waals surface area contributed by atoms with Gasteiger partial charge < -0.3 is 53.4 Å². The maximum absolute atomic E-state index is 16.6. The van der Waals surface area contributed by atoms with Crippen LogP contribution >= 0.6 is 0 Å². The maximum Gasteiger partial charge on any atom is 0.333 e. The second kappa shape index (κ2) is 18.7. The van der Waals surface area contributed by atoms with Crippen LogP contribution in [-0.2, 0) is 35.0 Å². The van der Waals surface area contributed by atoms with E-state index in [0.717, 1.165) is 12.0 Å². The molecular weight excluding hydrogens is 873 g/mol. The van der Waals surface area contributed by atoms with Crippen molar-refractivity contribution in [1.82, 2.24) is 9.80 Å². The Hall–Kier alpha value is -3.93. The van der Waals surface area contributed by atoms with E-state index in [2.05, 4.69) is 15.9 Å². The van der Waals surface area contributed by atoms with E-state index in [1.165, 1.54) is 18.8 Å². The summed E-state index contributed by atoms with van der Waals surface area (Å²) < 4.78 is 45.1. The average molecular weight is 947 g/mol. The number of hydrogen-bond donors (Lipinski definition) is 3. The zero-order valence-corrected chi connectivity index (χ0v) is 42.0. The molecule has 5 heterocycles. The smallest absolute Gasteiger partial charge is 0.333 e. The van der Waals surface area contributed by atoms with Gasteiger partial charge in [-0.1, -0.05) is 43.2 Å². The minimum absolute atomic E-state index is 0.0297. The molecule has 2 bridgehead atoms. The predicted molar refractivity (Wildman–Crippen MR) is 253 cm³/mol. The normalized spacial score (nSPS) is 36.4. The molecule has 9 rings (SSSR count). The highest BCUT2D eigenvalue weighted by Gasteiger charge is 2.79. The molecule has 0 aromatic heterocycles. The number of likely N-dealkylation sites (N-methyl/N-ethyl adjacent to an activating group) is 1. The summed E-state index contributed by atoms with van der Waals surface area (Å²) in [7, 11) is 3.32. The number of benzene rings is 1. The molecule has 0 amide bonds. The molecule has 6 fully saturated rings. The molecule has 7 unspecified atom stereocenters. The second-order valence-electron chi connectivity index (χ2n) is 21.8. The number of carbonyl (C=O) groups is 3. The van der Waals surface area contributed by atoms with Crippen LogP contribution in [0.2, 0.25) is 0 Å². The van der Waals surface area contributed by atoms with E-state index in [-0.39, 0.29) is 53.8 Å². The number of rotatable bonds is 12. The summed E-state index contributed by atoms with van der Waals surface area (Å²) in [5, 5.41) is 37.1. The summed E-state index contributed by atoms with van der Waals surface area (Å²) in [5.41, 5.74) is -1.53. The largest absolute Gasteiger partial charge is 0.482 e. The number of ether oxygens (including phenoxy) is 7. The Kier molecular flexibility index (Phi) is 13.9. The van der Waals surface area contributed by atoms with E-state index < -0.39 is 88.8 Å². The van der Waals surface area contributed by atoms with Crippen LogP contribution in [0.4, 0.5) is 0 Å². The molecule has 68 heavy (non-hydrogen) atoms. The van der Waals surface area contributed by atoms with Gasteiger partial charge in [-0.2, -0.15) is 0 Å². The predicted octanol–water partition coefficient (Wildman–Crippen LogP) is 5.74. The number of aliphatic hydroxyl groups is 3. The van der Waals surface area contributed by atoms with E-state index in [9.17, 15) is 20.1 Å². The van der Waals surface area contributed by atoms with Crippen LogP contribution in [0, 0.1) is 23.7 Å².